The summed E-state index contributed by atoms with van der Waals surface area (Å²) in [6, 6.07) is 16.8. The van der Waals surface area contributed by atoms with E-state index in [2.05, 4.69) is 35.0 Å². The minimum absolute atomic E-state index is 0.00412. The maximum absolute atomic E-state index is 13.0. The van der Waals surface area contributed by atoms with E-state index in [0.717, 1.165) is 43.2 Å². The highest BCUT2D eigenvalue weighted by Gasteiger charge is 2.33. The van der Waals surface area contributed by atoms with Gasteiger partial charge >= 0.3 is 0 Å². The molecule has 2 atom stereocenters. The lowest BCUT2D eigenvalue weighted by Crippen LogP contribution is -2.35. The summed E-state index contributed by atoms with van der Waals surface area (Å²) >= 11 is 0. The first-order chi connectivity index (χ1) is 16.1. The molecule has 0 aliphatic heterocycles. The molecule has 1 saturated carbocycles. The van der Waals surface area contributed by atoms with Crippen molar-refractivity contribution in [3.63, 3.8) is 0 Å². The highest BCUT2D eigenvalue weighted by Crippen LogP contribution is 2.36. The summed E-state index contributed by atoms with van der Waals surface area (Å²) in [4.78, 5) is 14.9. The van der Waals surface area contributed by atoms with Crippen LogP contribution in [0.5, 0.6) is 0 Å². The van der Waals surface area contributed by atoms with Crippen molar-refractivity contribution in [2.24, 2.45) is 0 Å². The summed E-state index contributed by atoms with van der Waals surface area (Å²) in [5, 5.41) is 17.2. The second-order valence-electron chi connectivity index (χ2n) is 8.38. The van der Waals surface area contributed by atoms with Crippen LogP contribution in [-0.2, 0) is 6.42 Å². The molecule has 6 nitrogen and oxygen atoms in total. The van der Waals surface area contributed by atoms with Crippen molar-refractivity contribution in [3.8, 4) is 17.9 Å². The third-order valence-corrected chi connectivity index (χ3v) is 6.07. The van der Waals surface area contributed by atoms with E-state index in [1.165, 1.54) is 0 Å². The van der Waals surface area contributed by atoms with Crippen molar-refractivity contribution in [1.29, 1.82) is 5.26 Å². The van der Waals surface area contributed by atoms with Crippen LogP contribution >= 0.6 is 0 Å². The second kappa shape index (κ2) is 10.1. The van der Waals surface area contributed by atoms with Crippen molar-refractivity contribution < 1.29 is 9.21 Å². The van der Waals surface area contributed by atoms with Gasteiger partial charge in [0, 0.05) is 42.1 Å². The maximum atomic E-state index is 13.0. The minimum Gasteiger partial charge on any atom is -0.425 e. The van der Waals surface area contributed by atoms with Crippen LogP contribution in [-0.4, -0.2) is 34.1 Å². The first-order valence-corrected chi connectivity index (χ1v) is 11.3. The van der Waals surface area contributed by atoms with Crippen LogP contribution in [0.1, 0.15) is 77.4 Å². The Labute approximate surface area is 194 Å². The van der Waals surface area contributed by atoms with Gasteiger partial charge in [0.05, 0.1) is 11.6 Å². The molecule has 3 aromatic rings. The van der Waals surface area contributed by atoms with Gasteiger partial charge in [0.25, 0.3) is 5.91 Å². The molecule has 1 amide bonds. The molecule has 1 aliphatic carbocycles. The number of rotatable bonds is 5. The topological polar surface area (TPSA) is 83.0 Å². The van der Waals surface area contributed by atoms with Crippen LogP contribution in [0.4, 0.5) is 0 Å². The first-order valence-electron chi connectivity index (χ1n) is 11.3. The average molecular weight is 439 g/mol. The molecule has 1 aliphatic rings. The summed E-state index contributed by atoms with van der Waals surface area (Å²) in [6.45, 7) is 2.09. The molecule has 1 fully saturated rings. The molecule has 4 rings (SSSR count). The summed E-state index contributed by atoms with van der Waals surface area (Å²) in [5.74, 6) is 7.80. The van der Waals surface area contributed by atoms with E-state index < -0.39 is 0 Å². The molecule has 0 spiro atoms. The highest BCUT2D eigenvalue weighted by atomic mass is 16.4. The fourth-order valence-electron chi connectivity index (χ4n) is 4.12. The number of aromatic nitrogens is 2. The Kier molecular flexibility index (Phi) is 6.86. The molecule has 1 aromatic heterocycles. The van der Waals surface area contributed by atoms with Crippen LogP contribution in [0.2, 0.25) is 0 Å². The van der Waals surface area contributed by atoms with E-state index >= 15 is 0 Å². The number of hydrogen-bond donors (Lipinski definition) is 0. The Balaban J connectivity index is 1.36. The highest BCUT2D eigenvalue weighted by molar-refractivity contribution is 5.94. The van der Waals surface area contributed by atoms with Crippen molar-refractivity contribution in [3.05, 3.63) is 82.6 Å². The van der Waals surface area contributed by atoms with Gasteiger partial charge in [-0.25, -0.2) is 0 Å². The minimum atomic E-state index is 0.00412. The molecule has 0 bridgehead atoms. The Morgan fingerprint density at radius 3 is 2.30 bits per heavy atom. The Hall–Kier alpha value is -3.90. The van der Waals surface area contributed by atoms with E-state index in [1.54, 1.807) is 12.1 Å². The van der Waals surface area contributed by atoms with E-state index in [0.29, 0.717) is 22.9 Å². The number of benzene rings is 2. The molecular formula is C27H26N4O2. The normalized spacial score (nSPS) is 17.1. The molecule has 0 N–H and O–H groups in total. The first kappa shape index (κ1) is 22.3. The van der Waals surface area contributed by atoms with Gasteiger partial charge < -0.3 is 9.32 Å². The van der Waals surface area contributed by atoms with Crippen molar-refractivity contribution in [1.82, 2.24) is 15.1 Å². The van der Waals surface area contributed by atoms with Gasteiger partial charge in [0.1, 0.15) is 0 Å². The van der Waals surface area contributed by atoms with Crippen LogP contribution in [0, 0.1) is 23.2 Å². The van der Waals surface area contributed by atoms with E-state index in [1.807, 2.05) is 48.3 Å². The standard InChI is InChI=1S/C27H26N4O2/c1-3-4-25-29-30-26(33-25)23-15-16-24(17-23)31(2)27(32)22-13-11-20(12-14-22)6-5-19-7-9-21(18-28)10-8-19/h7-14,23-24H,3-4,15-17H2,1-2H3/t23-,24+/m0/s1. The van der Waals surface area contributed by atoms with Gasteiger partial charge in [-0.1, -0.05) is 18.8 Å². The quantitative estimate of drug-likeness (QED) is 0.539. The number of carbonyl (C=O) groups excluding carboxylic acids is 1. The van der Waals surface area contributed by atoms with Crippen LogP contribution in [0.25, 0.3) is 0 Å². The Morgan fingerprint density at radius 2 is 1.67 bits per heavy atom. The molecular weight excluding hydrogens is 412 g/mol. The smallest absolute Gasteiger partial charge is 0.253 e. The molecule has 6 heteroatoms. The Morgan fingerprint density at radius 1 is 1.03 bits per heavy atom. The average Bonchev–Trinajstić information content (AvgIpc) is 3.53. The summed E-state index contributed by atoms with van der Waals surface area (Å²) in [6.07, 6.45) is 4.48. The van der Waals surface area contributed by atoms with E-state index in [-0.39, 0.29) is 17.9 Å². The van der Waals surface area contributed by atoms with E-state index in [9.17, 15) is 4.79 Å². The lowest BCUT2D eigenvalue weighted by molar-refractivity contribution is 0.0733. The number of nitrogens with zero attached hydrogens (tertiary/aromatic N) is 4. The van der Waals surface area contributed by atoms with Gasteiger partial charge in [-0.05, 0) is 74.2 Å². The predicted molar refractivity (Wildman–Crippen MR) is 124 cm³/mol. The Bertz CT molecular complexity index is 1210. The van der Waals surface area contributed by atoms with Crippen molar-refractivity contribution >= 4 is 5.91 Å². The summed E-state index contributed by atoms with van der Waals surface area (Å²) < 4.78 is 5.81. The summed E-state index contributed by atoms with van der Waals surface area (Å²) in [7, 11) is 1.87. The zero-order chi connectivity index (χ0) is 23.2. The SMILES string of the molecule is CCCc1nnc([C@H]2CC[C@@H](N(C)C(=O)c3ccc(C#Cc4ccc(C#N)cc4)cc3)C2)o1. The van der Waals surface area contributed by atoms with Gasteiger partial charge in [-0.3, -0.25) is 4.79 Å². The van der Waals surface area contributed by atoms with Gasteiger partial charge in [-0.2, -0.15) is 5.26 Å². The number of nitriles is 1. The monoisotopic (exact) mass is 438 g/mol. The lowest BCUT2D eigenvalue weighted by atomic mass is 10.1. The fourth-order valence-corrected chi connectivity index (χ4v) is 4.12. The van der Waals surface area contributed by atoms with Gasteiger partial charge in [-0.15, -0.1) is 10.2 Å². The fraction of sp³-hybridized carbons (Fsp3) is 0.333. The lowest BCUT2D eigenvalue weighted by Gasteiger charge is -2.24. The number of aryl methyl sites for hydroxylation is 1. The van der Waals surface area contributed by atoms with Crippen LogP contribution in [0.3, 0.4) is 0 Å². The largest absolute Gasteiger partial charge is 0.425 e. The van der Waals surface area contributed by atoms with Gasteiger partial charge in [0.2, 0.25) is 11.8 Å². The zero-order valence-electron chi connectivity index (χ0n) is 18.9. The molecule has 0 radical (unpaired) electrons. The number of amides is 1. The zero-order valence-corrected chi connectivity index (χ0v) is 18.9. The molecule has 0 unspecified atom stereocenters. The number of hydrogen-bond acceptors (Lipinski definition) is 5. The summed E-state index contributed by atoms with van der Waals surface area (Å²) in [5.41, 5.74) is 2.93. The predicted octanol–water partition coefficient (Wildman–Crippen LogP) is 4.70. The maximum Gasteiger partial charge on any atom is 0.253 e. The molecule has 0 saturated heterocycles. The van der Waals surface area contributed by atoms with Crippen LogP contribution in [0.15, 0.2) is 52.9 Å². The molecule has 33 heavy (non-hydrogen) atoms. The second-order valence-corrected chi connectivity index (χ2v) is 8.38. The van der Waals surface area contributed by atoms with Crippen LogP contribution < -0.4 is 0 Å². The molecule has 1 heterocycles. The number of carbonyl (C=O) groups is 1. The third-order valence-electron chi connectivity index (χ3n) is 6.07. The molecule has 166 valence electrons. The van der Waals surface area contributed by atoms with Crippen molar-refractivity contribution in [2.45, 2.75) is 51.0 Å². The third kappa shape index (κ3) is 5.30. The van der Waals surface area contributed by atoms with Crippen molar-refractivity contribution in [2.75, 3.05) is 7.05 Å². The van der Waals surface area contributed by atoms with Gasteiger partial charge in [0.15, 0.2) is 0 Å². The van der Waals surface area contributed by atoms with E-state index in [4.69, 9.17) is 9.68 Å². The molecule has 2 aromatic carbocycles.